The second-order valence-electron chi connectivity index (χ2n) is 4.91. The molecule has 0 atom stereocenters. The number of methoxy groups -OCH3 is 1. The van der Waals surface area contributed by atoms with E-state index in [1.165, 1.54) is 13.0 Å². The van der Waals surface area contributed by atoms with Crippen LogP contribution in [0, 0.1) is 10.1 Å². The van der Waals surface area contributed by atoms with Gasteiger partial charge in [0.25, 0.3) is 5.69 Å². The zero-order valence-electron chi connectivity index (χ0n) is 13.3. The van der Waals surface area contributed by atoms with Gasteiger partial charge >= 0.3 is 5.97 Å². The van der Waals surface area contributed by atoms with Gasteiger partial charge in [0.05, 0.1) is 17.7 Å². The van der Waals surface area contributed by atoms with E-state index < -0.39 is 10.9 Å². The first kappa shape index (κ1) is 17.1. The fourth-order valence-electron chi connectivity index (χ4n) is 2.11. The van der Waals surface area contributed by atoms with Gasteiger partial charge in [0, 0.05) is 25.0 Å². The number of ether oxygens (including phenoxy) is 1. The molecule has 0 unspecified atom stereocenters. The molecule has 0 saturated carbocycles. The van der Waals surface area contributed by atoms with Gasteiger partial charge in [-0.2, -0.15) is 0 Å². The van der Waals surface area contributed by atoms with Crippen LogP contribution in [0.3, 0.4) is 0 Å². The molecule has 0 heterocycles. The van der Waals surface area contributed by atoms with Crippen molar-refractivity contribution < 1.29 is 19.3 Å². The molecule has 124 valence electrons. The number of oxime groups is 1. The van der Waals surface area contributed by atoms with Crippen LogP contribution in [0.2, 0.25) is 0 Å². The summed E-state index contributed by atoms with van der Waals surface area (Å²) < 4.78 is 5.10. The van der Waals surface area contributed by atoms with E-state index in [-0.39, 0.29) is 12.1 Å². The van der Waals surface area contributed by atoms with E-state index >= 15 is 0 Å². The lowest BCUT2D eigenvalue weighted by Gasteiger charge is -2.08. The maximum absolute atomic E-state index is 11.2. The van der Waals surface area contributed by atoms with Crippen LogP contribution in [0.5, 0.6) is 5.75 Å². The van der Waals surface area contributed by atoms with Crippen LogP contribution in [0.4, 0.5) is 5.69 Å². The Morgan fingerprint density at radius 1 is 1.17 bits per heavy atom. The summed E-state index contributed by atoms with van der Waals surface area (Å²) >= 11 is 0. The second kappa shape index (κ2) is 7.87. The van der Waals surface area contributed by atoms with Gasteiger partial charge in [-0.1, -0.05) is 23.4 Å². The number of carbonyl (C=O) groups excluding carboxylic acids is 1. The number of hydrogen-bond acceptors (Lipinski definition) is 6. The van der Waals surface area contributed by atoms with E-state index in [0.717, 1.165) is 0 Å². The van der Waals surface area contributed by atoms with Crippen molar-refractivity contribution in [3.05, 3.63) is 69.8 Å². The summed E-state index contributed by atoms with van der Waals surface area (Å²) in [5.74, 6) is 0.0971. The number of carbonyl (C=O) groups is 1. The monoisotopic (exact) mass is 328 g/mol. The minimum atomic E-state index is -0.566. The van der Waals surface area contributed by atoms with Crippen molar-refractivity contribution in [2.24, 2.45) is 5.16 Å². The molecule has 0 radical (unpaired) electrons. The SMILES string of the molecule is COc1ccc(C(Cc2ccccc2[N+](=O)[O-])=NOC(C)=O)cc1. The Bertz CT molecular complexity index is 769. The quantitative estimate of drug-likeness (QED) is 0.352. The summed E-state index contributed by atoms with van der Waals surface area (Å²) in [6.45, 7) is 1.24. The highest BCUT2D eigenvalue weighted by molar-refractivity contribution is 6.02. The molecule has 7 heteroatoms. The largest absolute Gasteiger partial charge is 0.497 e. The molecule has 0 fully saturated rings. The predicted octanol–water partition coefficient (Wildman–Crippen LogP) is 3.11. The molecule has 0 aliphatic heterocycles. The van der Waals surface area contributed by atoms with Gasteiger partial charge in [0.15, 0.2) is 0 Å². The van der Waals surface area contributed by atoms with Crippen molar-refractivity contribution >= 4 is 17.4 Å². The fourth-order valence-corrected chi connectivity index (χ4v) is 2.11. The molecule has 0 N–H and O–H groups in total. The Balaban J connectivity index is 2.38. The number of rotatable bonds is 6. The summed E-state index contributed by atoms with van der Waals surface area (Å²) in [7, 11) is 1.55. The number of hydrogen-bond donors (Lipinski definition) is 0. The van der Waals surface area contributed by atoms with Crippen molar-refractivity contribution in [1.29, 1.82) is 0 Å². The minimum Gasteiger partial charge on any atom is -0.497 e. The molecule has 2 aromatic carbocycles. The number of para-hydroxylation sites is 1. The van der Waals surface area contributed by atoms with Crippen LogP contribution < -0.4 is 4.74 Å². The highest BCUT2D eigenvalue weighted by Gasteiger charge is 2.16. The first-order valence-electron chi connectivity index (χ1n) is 7.12. The first-order valence-corrected chi connectivity index (χ1v) is 7.12. The van der Waals surface area contributed by atoms with Crippen molar-refractivity contribution in [2.75, 3.05) is 7.11 Å². The highest BCUT2D eigenvalue weighted by atomic mass is 16.7. The lowest BCUT2D eigenvalue weighted by molar-refractivity contribution is -0.385. The third-order valence-electron chi connectivity index (χ3n) is 3.25. The Hall–Kier alpha value is -3.22. The van der Waals surface area contributed by atoms with Crippen LogP contribution in [0.25, 0.3) is 0 Å². The Morgan fingerprint density at radius 3 is 2.42 bits per heavy atom. The average Bonchev–Trinajstić information content (AvgIpc) is 2.58. The van der Waals surface area contributed by atoms with Crippen molar-refractivity contribution in [1.82, 2.24) is 0 Å². The first-order chi connectivity index (χ1) is 11.5. The second-order valence-corrected chi connectivity index (χ2v) is 4.91. The lowest BCUT2D eigenvalue weighted by Crippen LogP contribution is -2.09. The van der Waals surface area contributed by atoms with Crippen molar-refractivity contribution in [2.45, 2.75) is 13.3 Å². The third-order valence-corrected chi connectivity index (χ3v) is 3.25. The summed E-state index contributed by atoms with van der Waals surface area (Å²) in [4.78, 5) is 26.5. The van der Waals surface area contributed by atoms with Crippen molar-refractivity contribution in [3.8, 4) is 5.75 Å². The average molecular weight is 328 g/mol. The summed E-state index contributed by atoms with van der Waals surface area (Å²) in [6, 6.07) is 13.3. The van der Waals surface area contributed by atoms with E-state index in [1.807, 2.05) is 0 Å². The molecule has 0 spiro atoms. The van der Waals surface area contributed by atoms with E-state index in [4.69, 9.17) is 9.57 Å². The number of benzene rings is 2. The number of nitrogens with zero attached hydrogens (tertiary/aromatic N) is 2. The van der Waals surface area contributed by atoms with Gasteiger partial charge in [-0.3, -0.25) is 10.1 Å². The highest BCUT2D eigenvalue weighted by Crippen LogP contribution is 2.21. The topological polar surface area (TPSA) is 91.0 Å². The van der Waals surface area contributed by atoms with Gasteiger partial charge in [-0.25, -0.2) is 4.79 Å². The van der Waals surface area contributed by atoms with Gasteiger partial charge in [0.1, 0.15) is 5.75 Å². The van der Waals surface area contributed by atoms with Gasteiger partial charge in [-0.15, -0.1) is 0 Å². The molecule has 2 aromatic rings. The van der Waals surface area contributed by atoms with Crippen molar-refractivity contribution in [3.63, 3.8) is 0 Å². The van der Waals surface area contributed by atoms with Gasteiger partial charge in [0.2, 0.25) is 0 Å². The molecule has 2 rings (SSSR count). The molecular formula is C17H16N2O5. The molecule has 7 nitrogen and oxygen atoms in total. The number of nitro groups is 1. The summed E-state index contributed by atoms with van der Waals surface area (Å²) in [6.07, 6.45) is 0.150. The molecule has 0 aliphatic carbocycles. The molecule has 0 aliphatic rings. The maximum Gasteiger partial charge on any atom is 0.331 e. The molecular weight excluding hydrogens is 312 g/mol. The Morgan fingerprint density at radius 2 is 1.83 bits per heavy atom. The molecule has 0 bridgehead atoms. The summed E-state index contributed by atoms with van der Waals surface area (Å²) in [5, 5.41) is 15.0. The van der Waals surface area contributed by atoms with Crippen LogP contribution in [0.1, 0.15) is 18.1 Å². The van der Waals surface area contributed by atoms with Crippen LogP contribution >= 0.6 is 0 Å². The fraction of sp³-hybridized carbons (Fsp3) is 0.176. The van der Waals surface area contributed by atoms with Crippen LogP contribution in [-0.4, -0.2) is 23.7 Å². The normalized spacial score (nSPS) is 11.0. The van der Waals surface area contributed by atoms with Crippen LogP contribution in [-0.2, 0) is 16.1 Å². The van der Waals surface area contributed by atoms with Gasteiger partial charge in [-0.05, 0) is 29.8 Å². The van der Waals surface area contributed by atoms with Crippen LogP contribution in [0.15, 0.2) is 53.7 Å². The standard InChI is InChI=1S/C17H16N2O5/c1-12(20)24-18-16(13-7-9-15(23-2)10-8-13)11-14-5-3-4-6-17(14)19(21)22/h3-10H,11H2,1-2H3. The maximum atomic E-state index is 11.2. The lowest BCUT2D eigenvalue weighted by atomic mass is 10.0. The Labute approximate surface area is 138 Å². The molecule has 0 amide bonds. The zero-order chi connectivity index (χ0) is 17.5. The number of nitro benzene ring substituents is 1. The smallest absolute Gasteiger partial charge is 0.331 e. The third kappa shape index (κ3) is 4.39. The van der Waals surface area contributed by atoms with E-state index in [2.05, 4.69) is 5.16 Å². The molecule has 0 aromatic heterocycles. The molecule has 24 heavy (non-hydrogen) atoms. The minimum absolute atomic E-state index is 0.0125. The van der Waals surface area contributed by atoms with E-state index in [9.17, 15) is 14.9 Å². The molecule has 0 saturated heterocycles. The van der Waals surface area contributed by atoms with E-state index in [0.29, 0.717) is 22.6 Å². The predicted molar refractivity (Wildman–Crippen MR) is 88.1 cm³/mol. The Kier molecular flexibility index (Phi) is 5.62. The van der Waals surface area contributed by atoms with E-state index in [1.54, 1.807) is 49.6 Å². The summed E-state index contributed by atoms with van der Waals surface area (Å²) in [5.41, 5.74) is 1.54. The van der Waals surface area contributed by atoms with Gasteiger partial charge < -0.3 is 9.57 Å². The zero-order valence-corrected chi connectivity index (χ0v) is 13.3.